The largest absolute Gasteiger partial charge is 0.497 e. The maximum absolute atomic E-state index is 12.5. The molecule has 0 aliphatic heterocycles. The molecule has 2 aromatic rings. The molecule has 1 heterocycles. The number of pyridine rings is 1. The number of halogens is 3. The molecular weight excluding hydrogens is 297 g/mol. The van der Waals surface area contributed by atoms with Gasteiger partial charge in [-0.15, -0.1) is 0 Å². The highest BCUT2D eigenvalue weighted by atomic mass is 19.4. The van der Waals surface area contributed by atoms with Crippen LogP contribution in [0.2, 0.25) is 0 Å². The number of oxime groups is 1. The monoisotopic (exact) mass is 310 g/mol. The highest BCUT2D eigenvalue weighted by Gasteiger charge is 2.30. The molecule has 4 nitrogen and oxygen atoms in total. The molecule has 0 unspecified atom stereocenters. The average molecular weight is 310 g/mol. The summed E-state index contributed by atoms with van der Waals surface area (Å²) in [6, 6.07) is 9.03. The Labute approximate surface area is 124 Å². The van der Waals surface area contributed by atoms with Crippen LogP contribution < -0.4 is 4.74 Å². The molecule has 0 saturated heterocycles. The van der Waals surface area contributed by atoms with Gasteiger partial charge in [0.25, 0.3) is 0 Å². The fourth-order valence-electron chi connectivity index (χ4n) is 1.87. The van der Waals surface area contributed by atoms with Gasteiger partial charge in [-0.05, 0) is 24.3 Å². The zero-order valence-electron chi connectivity index (χ0n) is 11.6. The minimum atomic E-state index is -4.42. The van der Waals surface area contributed by atoms with Crippen LogP contribution >= 0.6 is 0 Å². The predicted octanol–water partition coefficient (Wildman–Crippen LogP) is 3.53. The molecule has 1 aromatic heterocycles. The molecule has 0 aliphatic carbocycles. The second kappa shape index (κ2) is 6.46. The summed E-state index contributed by atoms with van der Waals surface area (Å²) in [5.74, 6) is 0.582. The van der Waals surface area contributed by atoms with Gasteiger partial charge in [-0.1, -0.05) is 17.3 Å². The number of rotatable bonds is 4. The topological polar surface area (TPSA) is 54.7 Å². The number of methoxy groups -OCH3 is 1. The van der Waals surface area contributed by atoms with Gasteiger partial charge in [0.15, 0.2) is 0 Å². The van der Waals surface area contributed by atoms with Crippen molar-refractivity contribution in [2.45, 2.75) is 12.6 Å². The summed E-state index contributed by atoms with van der Waals surface area (Å²) < 4.78 is 42.5. The van der Waals surface area contributed by atoms with E-state index in [9.17, 15) is 13.2 Å². The number of ether oxygens (including phenoxy) is 1. The van der Waals surface area contributed by atoms with Crippen LogP contribution in [0.5, 0.6) is 5.75 Å². The van der Waals surface area contributed by atoms with Crippen molar-refractivity contribution in [2.24, 2.45) is 5.16 Å². The SMILES string of the molecule is COc1cccc(/C(Cc2ccc(C(F)(F)F)cn2)=N\O)c1. The standard InChI is InChI=1S/C15H13F3N2O2/c1-22-13-4-2-3-10(7-13)14(20-21)8-12-6-5-11(9-19-12)15(16,17)18/h2-7,9,21H,8H2,1H3/b20-14-. The predicted molar refractivity (Wildman–Crippen MR) is 74.3 cm³/mol. The van der Waals surface area contributed by atoms with Gasteiger partial charge < -0.3 is 9.94 Å². The van der Waals surface area contributed by atoms with Crippen LogP contribution in [0.1, 0.15) is 16.8 Å². The average Bonchev–Trinajstić information content (AvgIpc) is 2.52. The maximum Gasteiger partial charge on any atom is 0.417 e. The van der Waals surface area contributed by atoms with Gasteiger partial charge in [-0.3, -0.25) is 4.98 Å². The third-order valence-electron chi connectivity index (χ3n) is 3.02. The van der Waals surface area contributed by atoms with Crippen molar-refractivity contribution in [1.82, 2.24) is 4.98 Å². The van der Waals surface area contributed by atoms with Crippen LogP contribution in [0.25, 0.3) is 0 Å². The van der Waals surface area contributed by atoms with Crippen molar-refractivity contribution in [3.05, 3.63) is 59.4 Å². The summed E-state index contributed by atoms with van der Waals surface area (Å²) in [6.07, 6.45) is -3.57. The summed E-state index contributed by atoms with van der Waals surface area (Å²) in [4.78, 5) is 3.76. The lowest BCUT2D eigenvalue weighted by Gasteiger charge is -2.08. The Morgan fingerprint density at radius 2 is 2.05 bits per heavy atom. The highest BCUT2D eigenvalue weighted by Crippen LogP contribution is 2.28. The van der Waals surface area contributed by atoms with Crippen LogP contribution in [-0.2, 0) is 12.6 Å². The number of alkyl halides is 3. The van der Waals surface area contributed by atoms with Gasteiger partial charge in [-0.2, -0.15) is 13.2 Å². The molecule has 0 atom stereocenters. The Morgan fingerprint density at radius 1 is 1.27 bits per heavy atom. The summed E-state index contributed by atoms with van der Waals surface area (Å²) in [7, 11) is 1.51. The molecule has 1 N–H and O–H groups in total. The van der Waals surface area contributed by atoms with E-state index in [0.29, 0.717) is 17.0 Å². The van der Waals surface area contributed by atoms with Crippen LogP contribution in [0.4, 0.5) is 13.2 Å². The molecule has 0 spiro atoms. The molecular formula is C15H13F3N2O2. The number of nitrogens with zero attached hydrogens (tertiary/aromatic N) is 2. The zero-order valence-corrected chi connectivity index (χ0v) is 11.6. The Kier molecular flexibility index (Phi) is 4.65. The van der Waals surface area contributed by atoms with Crippen molar-refractivity contribution >= 4 is 5.71 Å². The quantitative estimate of drug-likeness (QED) is 0.534. The van der Waals surface area contributed by atoms with Crippen molar-refractivity contribution in [3.8, 4) is 5.75 Å². The lowest BCUT2D eigenvalue weighted by molar-refractivity contribution is -0.137. The van der Waals surface area contributed by atoms with E-state index in [1.165, 1.54) is 13.2 Å². The van der Waals surface area contributed by atoms with E-state index in [1.807, 2.05) is 0 Å². The fraction of sp³-hybridized carbons (Fsp3) is 0.200. The molecule has 2 rings (SSSR count). The van der Waals surface area contributed by atoms with E-state index in [0.717, 1.165) is 12.3 Å². The van der Waals surface area contributed by atoms with E-state index in [2.05, 4.69) is 10.1 Å². The second-order valence-corrected chi connectivity index (χ2v) is 4.49. The van der Waals surface area contributed by atoms with E-state index >= 15 is 0 Å². The molecule has 7 heteroatoms. The molecule has 0 aliphatic rings. The van der Waals surface area contributed by atoms with Gasteiger partial charge in [0.1, 0.15) is 5.75 Å². The molecule has 1 aromatic carbocycles. The summed E-state index contributed by atoms with van der Waals surface area (Å²) in [6.45, 7) is 0. The number of hydrogen-bond acceptors (Lipinski definition) is 4. The maximum atomic E-state index is 12.5. The minimum Gasteiger partial charge on any atom is -0.497 e. The first kappa shape index (κ1) is 15.8. The van der Waals surface area contributed by atoms with Crippen molar-refractivity contribution in [1.29, 1.82) is 0 Å². The number of benzene rings is 1. The van der Waals surface area contributed by atoms with Gasteiger partial charge in [-0.25, -0.2) is 0 Å². The van der Waals surface area contributed by atoms with E-state index < -0.39 is 11.7 Å². The molecule has 0 amide bonds. The fourth-order valence-corrected chi connectivity index (χ4v) is 1.87. The first-order chi connectivity index (χ1) is 10.4. The first-order valence-electron chi connectivity index (χ1n) is 6.31. The zero-order chi connectivity index (χ0) is 16.2. The van der Waals surface area contributed by atoms with Crippen LogP contribution in [0, 0.1) is 0 Å². The molecule has 0 radical (unpaired) electrons. The third-order valence-corrected chi connectivity index (χ3v) is 3.02. The van der Waals surface area contributed by atoms with Gasteiger partial charge in [0.05, 0.1) is 18.4 Å². The highest BCUT2D eigenvalue weighted by molar-refractivity contribution is 6.01. The van der Waals surface area contributed by atoms with E-state index in [4.69, 9.17) is 9.94 Å². The molecule has 0 bridgehead atoms. The van der Waals surface area contributed by atoms with Crippen molar-refractivity contribution in [2.75, 3.05) is 7.11 Å². The minimum absolute atomic E-state index is 0.0990. The summed E-state index contributed by atoms with van der Waals surface area (Å²) in [5.41, 5.74) is 0.429. The Balaban J connectivity index is 2.20. The third kappa shape index (κ3) is 3.75. The molecule has 0 saturated carbocycles. The van der Waals surface area contributed by atoms with Gasteiger partial charge in [0.2, 0.25) is 0 Å². The van der Waals surface area contributed by atoms with Crippen LogP contribution in [0.3, 0.4) is 0 Å². The molecule has 0 fully saturated rings. The summed E-state index contributed by atoms with van der Waals surface area (Å²) in [5, 5.41) is 12.3. The van der Waals surface area contributed by atoms with Crippen LogP contribution in [0.15, 0.2) is 47.8 Å². The van der Waals surface area contributed by atoms with Gasteiger partial charge >= 0.3 is 6.18 Å². The molecule has 22 heavy (non-hydrogen) atoms. The lowest BCUT2D eigenvalue weighted by atomic mass is 10.0. The molecule has 116 valence electrons. The Bertz CT molecular complexity index is 667. The first-order valence-corrected chi connectivity index (χ1v) is 6.31. The van der Waals surface area contributed by atoms with E-state index in [-0.39, 0.29) is 12.1 Å². The Morgan fingerprint density at radius 3 is 2.59 bits per heavy atom. The van der Waals surface area contributed by atoms with Crippen molar-refractivity contribution in [3.63, 3.8) is 0 Å². The second-order valence-electron chi connectivity index (χ2n) is 4.49. The summed E-state index contributed by atoms with van der Waals surface area (Å²) >= 11 is 0. The van der Waals surface area contributed by atoms with Gasteiger partial charge in [0, 0.05) is 23.9 Å². The lowest BCUT2D eigenvalue weighted by Crippen LogP contribution is -2.09. The smallest absolute Gasteiger partial charge is 0.417 e. The number of aromatic nitrogens is 1. The van der Waals surface area contributed by atoms with Crippen LogP contribution in [-0.4, -0.2) is 23.0 Å². The van der Waals surface area contributed by atoms with E-state index in [1.54, 1.807) is 24.3 Å². The number of hydrogen-bond donors (Lipinski definition) is 1. The van der Waals surface area contributed by atoms with Crippen molar-refractivity contribution < 1.29 is 23.1 Å². The Hall–Kier alpha value is -2.57. The normalized spacial score (nSPS) is 12.3.